The molecule has 114 valence electrons. The number of aromatic hydroxyl groups is 1. The zero-order chi connectivity index (χ0) is 16.1. The average molecular weight is 303 g/mol. The number of aliphatic carboxylic acids is 1. The predicted molar refractivity (Wildman–Crippen MR) is 78.9 cm³/mol. The van der Waals surface area contributed by atoms with Crippen molar-refractivity contribution in [1.82, 2.24) is 0 Å². The Hall–Kier alpha value is -2.76. The molecule has 0 amide bonds. The molecular weight excluding hydrogens is 289 g/mol. The summed E-state index contributed by atoms with van der Waals surface area (Å²) in [6, 6.07) is 9.42. The van der Waals surface area contributed by atoms with Gasteiger partial charge in [0.25, 0.3) is 0 Å². The highest BCUT2D eigenvalue weighted by Gasteiger charge is 2.16. The minimum absolute atomic E-state index is 0.0246. The van der Waals surface area contributed by atoms with Crippen LogP contribution in [-0.2, 0) is 4.79 Å². The van der Waals surface area contributed by atoms with Gasteiger partial charge in [0.1, 0.15) is 17.6 Å². The maximum atomic E-state index is 14.2. The van der Waals surface area contributed by atoms with Crippen LogP contribution in [0, 0.1) is 10.7 Å². The third kappa shape index (κ3) is 3.66. The number of carboxylic acid groups (broad SMARTS) is 1. The number of phenolic OH excluding ortho intramolecular Hbond substituents is 1. The van der Waals surface area contributed by atoms with E-state index in [1.54, 1.807) is 18.2 Å². The molecule has 2 aromatic carbocycles. The third-order valence-electron chi connectivity index (χ3n) is 3.32. The summed E-state index contributed by atoms with van der Waals surface area (Å²) in [6.07, 6.45) is -0.186. The monoisotopic (exact) mass is 303 g/mol. The van der Waals surface area contributed by atoms with Crippen molar-refractivity contribution in [2.75, 3.05) is 0 Å². The molecule has 0 aliphatic rings. The zero-order valence-electron chi connectivity index (χ0n) is 11.6. The second-order valence-electron chi connectivity index (χ2n) is 4.84. The van der Waals surface area contributed by atoms with Gasteiger partial charge in [-0.1, -0.05) is 29.4 Å². The molecule has 0 fully saturated rings. The van der Waals surface area contributed by atoms with Crippen LogP contribution >= 0.6 is 0 Å². The van der Waals surface area contributed by atoms with Gasteiger partial charge in [0.15, 0.2) is 0 Å². The Kier molecular flexibility index (Phi) is 4.83. The highest BCUT2D eigenvalue weighted by atomic mass is 19.1. The van der Waals surface area contributed by atoms with E-state index in [0.29, 0.717) is 16.7 Å². The molecular formula is C16H14FNO4. The van der Waals surface area contributed by atoms with Crippen molar-refractivity contribution in [2.24, 2.45) is 5.18 Å². The van der Waals surface area contributed by atoms with E-state index in [-0.39, 0.29) is 18.6 Å². The van der Waals surface area contributed by atoms with Gasteiger partial charge in [-0.15, -0.1) is 0 Å². The Morgan fingerprint density at radius 3 is 2.41 bits per heavy atom. The zero-order valence-corrected chi connectivity index (χ0v) is 11.6. The van der Waals surface area contributed by atoms with E-state index in [0.717, 1.165) is 0 Å². The summed E-state index contributed by atoms with van der Waals surface area (Å²) in [5.74, 6) is -1.48. The SMILES string of the molecule is O=NC(CCC(=O)O)c1ccc(-c2ccc(O)cc2)c(F)c1. The molecule has 5 nitrogen and oxygen atoms in total. The highest BCUT2D eigenvalue weighted by molar-refractivity contribution is 5.67. The number of carbonyl (C=O) groups is 1. The van der Waals surface area contributed by atoms with Gasteiger partial charge in [-0.05, 0) is 35.7 Å². The number of nitrogens with zero attached hydrogens (tertiary/aromatic N) is 1. The molecule has 0 aromatic heterocycles. The molecule has 1 unspecified atom stereocenters. The minimum Gasteiger partial charge on any atom is -0.508 e. The van der Waals surface area contributed by atoms with Crippen LogP contribution in [0.2, 0.25) is 0 Å². The lowest BCUT2D eigenvalue weighted by atomic mass is 9.98. The van der Waals surface area contributed by atoms with Gasteiger partial charge in [0.2, 0.25) is 0 Å². The van der Waals surface area contributed by atoms with E-state index in [9.17, 15) is 19.2 Å². The Morgan fingerprint density at radius 1 is 1.18 bits per heavy atom. The molecule has 2 aromatic rings. The quantitative estimate of drug-likeness (QED) is 0.793. The first-order chi connectivity index (χ1) is 10.5. The summed E-state index contributed by atoms with van der Waals surface area (Å²) in [5, 5.41) is 20.7. The average Bonchev–Trinajstić information content (AvgIpc) is 2.49. The van der Waals surface area contributed by atoms with E-state index in [2.05, 4.69) is 5.18 Å². The maximum Gasteiger partial charge on any atom is 0.303 e. The molecule has 0 aliphatic carbocycles. The Bertz CT molecular complexity index is 685. The summed E-state index contributed by atoms with van der Waals surface area (Å²) in [5.41, 5.74) is 1.26. The van der Waals surface area contributed by atoms with Crippen molar-refractivity contribution in [2.45, 2.75) is 18.9 Å². The van der Waals surface area contributed by atoms with Crippen LogP contribution in [0.25, 0.3) is 11.1 Å². The van der Waals surface area contributed by atoms with Crippen LogP contribution in [0.15, 0.2) is 47.6 Å². The standard InChI is InChI=1S/C16H14FNO4/c17-14-9-11(15(18-22)7-8-16(20)21)3-6-13(14)10-1-4-12(19)5-2-10/h1-6,9,15,19H,7-8H2,(H,20,21). The van der Waals surface area contributed by atoms with Crippen molar-refractivity contribution in [3.8, 4) is 16.9 Å². The largest absolute Gasteiger partial charge is 0.508 e. The Balaban J connectivity index is 2.26. The van der Waals surface area contributed by atoms with Gasteiger partial charge in [-0.2, -0.15) is 4.91 Å². The molecule has 6 heteroatoms. The van der Waals surface area contributed by atoms with Gasteiger partial charge in [-0.25, -0.2) is 4.39 Å². The molecule has 0 bridgehead atoms. The summed E-state index contributed by atoms with van der Waals surface area (Å²) in [6.45, 7) is 0. The first-order valence-electron chi connectivity index (χ1n) is 6.64. The van der Waals surface area contributed by atoms with Gasteiger partial charge in [0, 0.05) is 12.0 Å². The highest BCUT2D eigenvalue weighted by Crippen LogP contribution is 2.29. The van der Waals surface area contributed by atoms with E-state index in [1.165, 1.54) is 24.3 Å². The predicted octanol–water partition coefficient (Wildman–Crippen LogP) is 3.87. The number of hydrogen-bond acceptors (Lipinski definition) is 4. The second kappa shape index (κ2) is 6.80. The molecule has 0 saturated carbocycles. The molecule has 2 rings (SSSR count). The number of hydrogen-bond donors (Lipinski definition) is 2. The molecule has 2 N–H and O–H groups in total. The fourth-order valence-electron chi connectivity index (χ4n) is 2.15. The lowest BCUT2D eigenvalue weighted by molar-refractivity contribution is -0.137. The number of carboxylic acids is 1. The van der Waals surface area contributed by atoms with Crippen molar-refractivity contribution in [1.29, 1.82) is 0 Å². The lowest BCUT2D eigenvalue weighted by Crippen LogP contribution is -2.01. The van der Waals surface area contributed by atoms with Crippen LogP contribution in [0.5, 0.6) is 5.75 Å². The fourth-order valence-corrected chi connectivity index (χ4v) is 2.15. The third-order valence-corrected chi connectivity index (χ3v) is 3.32. The first-order valence-corrected chi connectivity index (χ1v) is 6.64. The molecule has 0 spiro atoms. The number of benzene rings is 2. The van der Waals surface area contributed by atoms with E-state index < -0.39 is 17.8 Å². The van der Waals surface area contributed by atoms with Gasteiger partial charge in [-0.3, -0.25) is 4.79 Å². The Morgan fingerprint density at radius 2 is 1.86 bits per heavy atom. The number of nitroso groups, excluding NO2 is 1. The first kappa shape index (κ1) is 15.6. The second-order valence-corrected chi connectivity index (χ2v) is 4.84. The van der Waals surface area contributed by atoms with Crippen LogP contribution in [0.1, 0.15) is 24.4 Å². The van der Waals surface area contributed by atoms with Crippen LogP contribution in [-0.4, -0.2) is 16.2 Å². The van der Waals surface area contributed by atoms with Gasteiger partial charge < -0.3 is 10.2 Å². The fraction of sp³-hybridized carbons (Fsp3) is 0.188. The van der Waals surface area contributed by atoms with Crippen molar-refractivity contribution < 1.29 is 19.4 Å². The van der Waals surface area contributed by atoms with Gasteiger partial charge >= 0.3 is 5.97 Å². The maximum absolute atomic E-state index is 14.2. The summed E-state index contributed by atoms with van der Waals surface area (Å²) < 4.78 is 14.2. The molecule has 22 heavy (non-hydrogen) atoms. The molecule has 0 heterocycles. The van der Waals surface area contributed by atoms with Crippen LogP contribution < -0.4 is 0 Å². The van der Waals surface area contributed by atoms with Crippen molar-refractivity contribution >= 4 is 5.97 Å². The summed E-state index contributed by atoms with van der Waals surface area (Å²) in [7, 11) is 0. The number of rotatable bonds is 6. The van der Waals surface area contributed by atoms with E-state index in [1.807, 2.05) is 0 Å². The van der Waals surface area contributed by atoms with E-state index >= 15 is 0 Å². The Labute approximate surface area is 126 Å². The normalized spacial score (nSPS) is 11.9. The van der Waals surface area contributed by atoms with Crippen LogP contribution in [0.3, 0.4) is 0 Å². The van der Waals surface area contributed by atoms with E-state index in [4.69, 9.17) is 5.11 Å². The topological polar surface area (TPSA) is 87.0 Å². The lowest BCUT2D eigenvalue weighted by Gasteiger charge is -2.10. The molecule has 0 saturated heterocycles. The number of halogens is 1. The number of phenols is 1. The molecule has 0 aliphatic heterocycles. The summed E-state index contributed by atoms with van der Waals surface area (Å²) in [4.78, 5) is 21.4. The molecule has 0 radical (unpaired) electrons. The smallest absolute Gasteiger partial charge is 0.303 e. The minimum atomic E-state index is -1.03. The van der Waals surface area contributed by atoms with Gasteiger partial charge in [0.05, 0.1) is 0 Å². The summed E-state index contributed by atoms with van der Waals surface area (Å²) >= 11 is 0. The van der Waals surface area contributed by atoms with Crippen molar-refractivity contribution in [3.63, 3.8) is 0 Å². The van der Waals surface area contributed by atoms with Crippen LogP contribution in [0.4, 0.5) is 4.39 Å². The van der Waals surface area contributed by atoms with Crippen molar-refractivity contribution in [3.05, 3.63) is 58.8 Å². The molecule has 1 atom stereocenters.